The lowest BCUT2D eigenvalue weighted by Gasteiger charge is -2.13. The Balaban J connectivity index is 1.94. The van der Waals surface area contributed by atoms with E-state index in [1.54, 1.807) is 0 Å². The topological polar surface area (TPSA) is 31.4 Å². The molecule has 3 nitrogen and oxygen atoms in total. The maximum atomic E-state index is 13.7. The van der Waals surface area contributed by atoms with Crippen molar-refractivity contribution in [1.29, 1.82) is 0 Å². The van der Waals surface area contributed by atoms with E-state index in [-0.39, 0.29) is 5.56 Å². The van der Waals surface area contributed by atoms with Gasteiger partial charge in [0.1, 0.15) is 11.5 Å². The lowest BCUT2D eigenvalue weighted by Crippen LogP contribution is -2.17. The van der Waals surface area contributed by atoms with Crippen LogP contribution in [0.4, 0.5) is 30.7 Å². The van der Waals surface area contributed by atoms with Crippen LogP contribution in [0.5, 0.6) is 11.5 Å². The molecule has 0 N–H and O–H groups in total. The maximum Gasteiger partial charge on any atom is 0.573 e. The summed E-state index contributed by atoms with van der Waals surface area (Å²) in [4.78, 5) is 3.54. The van der Waals surface area contributed by atoms with Crippen molar-refractivity contribution in [2.24, 2.45) is 0 Å². The van der Waals surface area contributed by atoms with Gasteiger partial charge in [-0.05, 0) is 41.0 Å². The SMILES string of the molecule is Fc1cc(-c2ccc(OC(F)(F)F)cc2)c(-c2ccc(OC(F)(F)F)cc2)cn1. The third-order valence-corrected chi connectivity index (χ3v) is 3.67. The molecule has 10 heteroatoms. The Morgan fingerprint density at radius 3 is 1.45 bits per heavy atom. The van der Waals surface area contributed by atoms with E-state index in [4.69, 9.17) is 0 Å². The number of ether oxygens (including phenoxy) is 2. The fourth-order valence-electron chi connectivity index (χ4n) is 2.57. The summed E-state index contributed by atoms with van der Waals surface area (Å²) in [6.45, 7) is 0. The van der Waals surface area contributed by atoms with Gasteiger partial charge in [0, 0.05) is 17.8 Å². The molecule has 0 aliphatic heterocycles. The molecule has 2 aromatic carbocycles. The summed E-state index contributed by atoms with van der Waals surface area (Å²) in [6.07, 6.45) is -8.52. The summed E-state index contributed by atoms with van der Waals surface area (Å²) in [7, 11) is 0. The number of hydrogen-bond donors (Lipinski definition) is 0. The summed E-state index contributed by atoms with van der Waals surface area (Å²) >= 11 is 0. The molecule has 0 radical (unpaired) electrons. The fourth-order valence-corrected chi connectivity index (χ4v) is 2.57. The van der Waals surface area contributed by atoms with E-state index in [9.17, 15) is 30.7 Å². The first kappa shape index (κ1) is 20.4. The minimum absolute atomic E-state index is 0.278. The molecule has 3 rings (SSSR count). The summed E-state index contributed by atoms with van der Waals surface area (Å²) in [6, 6.07) is 10.6. The molecular weight excluding hydrogens is 407 g/mol. The van der Waals surface area contributed by atoms with Gasteiger partial charge in [0.15, 0.2) is 0 Å². The predicted octanol–water partition coefficient (Wildman–Crippen LogP) is 6.35. The standard InChI is InChI=1S/C19H10F7NO2/c20-17-9-15(11-1-5-13(6-2-11)28-18(21,22)23)16(10-27-17)12-3-7-14(8-4-12)29-19(24,25)26/h1-10H. The van der Waals surface area contributed by atoms with Crippen LogP contribution in [-0.2, 0) is 0 Å². The van der Waals surface area contributed by atoms with Gasteiger partial charge < -0.3 is 9.47 Å². The Kier molecular flexibility index (Phi) is 5.36. The number of rotatable bonds is 4. The van der Waals surface area contributed by atoms with Gasteiger partial charge in [0.2, 0.25) is 5.95 Å². The number of pyridine rings is 1. The molecule has 0 saturated heterocycles. The molecule has 0 spiro atoms. The minimum atomic E-state index is -4.85. The average molecular weight is 417 g/mol. The monoisotopic (exact) mass is 417 g/mol. The molecule has 0 saturated carbocycles. The van der Waals surface area contributed by atoms with Gasteiger partial charge in [-0.15, -0.1) is 26.3 Å². The van der Waals surface area contributed by atoms with Crippen LogP contribution < -0.4 is 9.47 Å². The highest BCUT2D eigenvalue weighted by Crippen LogP contribution is 2.35. The van der Waals surface area contributed by atoms with Gasteiger partial charge in [0.25, 0.3) is 0 Å². The van der Waals surface area contributed by atoms with Crippen LogP contribution in [0.3, 0.4) is 0 Å². The molecule has 1 heterocycles. The lowest BCUT2D eigenvalue weighted by molar-refractivity contribution is -0.275. The predicted molar refractivity (Wildman–Crippen MR) is 88.4 cm³/mol. The van der Waals surface area contributed by atoms with Crippen molar-refractivity contribution in [3.8, 4) is 33.8 Å². The molecule has 3 aromatic rings. The van der Waals surface area contributed by atoms with Crippen LogP contribution in [0.25, 0.3) is 22.3 Å². The second kappa shape index (κ2) is 7.61. The quantitative estimate of drug-likeness (QED) is 0.366. The molecule has 152 valence electrons. The highest BCUT2D eigenvalue weighted by atomic mass is 19.4. The third-order valence-electron chi connectivity index (χ3n) is 3.67. The van der Waals surface area contributed by atoms with Crippen LogP contribution in [0.2, 0.25) is 0 Å². The maximum absolute atomic E-state index is 13.7. The summed E-state index contributed by atoms with van der Waals surface area (Å²) in [5.41, 5.74) is 1.39. The summed E-state index contributed by atoms with van der Waals surface area (Å²) < 4.78 is 94.9. The van der Waals surface area contributed by atoms with E-state index in [0.717, 1.165) is 30.3 Å². The van der Waals surface area contributed by atoms with Gasteiger partial charge in [-0.3, -0.25) is 0 Å². The van der Waals surface area contributed by atoms with Crippen LogP contribution in [0, 0.1) is 5.95 Å². The zero-order chi connectivity index (χ0) is 21.2. The summed E-state index contributed by atoms with van der Waals surface area (Å²) in [5.74, 6) is -1.73. The van der Waals surface area contributed by atoms with E-state index in [0.29, 0.717) is 16.7 Å². The first-order chi connectivity index (χ1) is 13.5. The smallest absolute Gasteiger partial charge is 0.406 e. The first-order valence-electron chi connectivity index (χ1n) is 7.88. The van der Waals surface area contributed by atoms with E-state index in [1.807, 2.05) is 0 Å². The molecule has 0 unspecified atom stereocenters. The normalized spacial score (nSPS) is 12.0. The van der Waals surface area contributed by atoms with Crippen molar-refractivity contribution >= 4 is 0 Å². The zero-order valence-corrected chi connectivity index (χ0v) is 14.2. The fraction of sp³-hybridized carbons (Fsp3) is 0.105. The number of halogens is 7. The van der Waals surface area contributed by atoms with Crippen molar-refractivity contribution in [2.45, 2.75) is 12.7 Å². The zero-order valence-electron chi connectivity index (χ0n) is 14.2. The number of benzene rings is 2. The van der Waals surface area contributed by atoms with Crippen molar-refractivity contribution < 1.29 is 40.2 Å². The van der Waals surface area contributed by atoms with E-state index >= 15 is 0 Å². The van der Waals surface area contributed by atoms with Crippen molar-refractivity contribution in [1.82, 2.24) is 4.98 Å². The molecule has 0 aliphatic rings. The number of hydrogen-bond acceptors (Lipinski definition) is 3. The molecule has 0 fully saturated rings. The Morgan fingerprint density at radius 1 is 0.621 bits per heavy atom. The first-order valence-corrected chi connectivity index (χ1v) is 7.88. The third kappa shape index (κ3) is 5.59. The molecule has 1 aromatic heterocycles. The Labute approximate surface area is 159 Å². The van der Waals surface area contributed by atoms with Crippen molar-refractivity contribution in [3.63, 3.8) is 0 Å². The Morgan fingerprint density at radius 2 is 1.03 bits per heavy atom. The number of aromatic nitrogens is 1. The minimum Gasteiger partial charge on any atom is -0.406 e. The Hall–Kier alpha value is -3.30. The van der Waals surface area contributed by atoms with Crippen LogP contribution in [0.1, 0.15) is 0 Å². The van der Waals surface area contributed by atoms with Crippen molar-refractivity contribution in [2.75, 3.05) is 0 Å². The van der Waals surface area contributed by atoms with E-state index < -0.39 is 30.2 Å². The van der Waals surface area contributed by atoms with Crippen LogP contribution in [0.15, 0.2) is 60.8 Å². The summed E-state index contributed by atoms with van der Waals surface area (Å²) in [5, 5.41) is 0. The molecule has 29 heavy (non-hydrogen) atoms. The van der Waals surface area contributed by atoms with E-state index in [1.165, 1.54) is 30.5 Å². The second-order valence-electron chi connectivity index (χ2n) is 5.70. The van der Waals surface area contributed by atoms with Gasteiger partial charge in [0.05, 0.1) is 0 Å². The van der Waals surface area contributed by atoms with Crippen LogP contribution in [-0.4, -0.2) is 17.7 Å². The van der Waals surface area contributed by atoms with Crippen LogP contribution >= 0.6 is 0 Å². The molecule has 0 atom stereocenters. The largest absolute Gasteiger partial charge is 0.573 e. The highest BCUT2D eigenvalue weighted by Gasteiger charge is 2.31. The lowest BCUT2D eigenvalue weighted by atomic mass is 9.96. The van der Waals surface area contributed by atoms with Gasteiger partial charge in [-0.25, -0.2) is 4.98 Å². The molecule has 0 bridgehead atoms. The molecule has 0 amide bonds. The Bertz CT molecular complexity index is 981. The second-order valence-corrected chi connectivity index (χ2v) is 5.70. The van der Waals surface area contributed by atoms with Gasteiger partial charge in [-0.1, -0.05) is 24.3 Å². The van der Waals surface area contributed by atoms with Gasteiger partial charge in [-0.2, -0.15) is 4.39 Å². The average Bonchev–Trinajstić information content (AvgIpc) is 2.60. The molecule has 0 aliphatic carbocycles. The van der Waals surface area contributed by atoms with Gasteiger partial charge >= 0.3 is 12.7 Å². The van der Waals surface area contributed by atoms with E-state index in [2.05, 4.69) is 14.5 Å². The number of alkyl halides is 6. The van der Waals surface area contributed by atoms with Crippen molar-refractivity contribution in [3.05, 3.63) is 66.7 Å². The molecular formula is C19H10F7NO2. The highest BCUT2D eigenvalue weighted by molar-refractivity contribution is 5.83. The number of nitrogens with zero attached hydrogens (tertiary/aromatic N) is 1.